The van der Waals surface area contributed by atoms with E-state index in [9.17, 15) is 9.59 Å². The van der Waals surface area contributed by atoms with Crippen molar-refractivity contribution >= 4 is 29.3 Å². The molecule has 1 amide bonds. The number of anilines is 1. The summed E-state index contributed by atoms with van der Waals surface area (Å²) in [4.78, 5) is 23.0. The van der Waals surface area contributed by atoms with Gasteiger partial charge in [-0.3, -0.25) is 4.79 Å². The average molecular weight is 298 g/mol. The molecule has 0 saturated heterocycles. The quantitative estimate of drug-likeness (QED) is 0.703. The number of thioether (sulfide) groups is 1. The van der Waals surface area contributed by atoms with Crippen molar-refractivity contribution in [2.45, 2.75) is 12.5 Å². The van der Waals surface area contributed by atoms with Crippen LogP contribution in [0.15, 0.2) is 18.2 Å². The summed E-state index contributed by atoms with van der Waals surface area (Å²) in [7, 11) is 1.44. The minimum Gasteiger partial charge on any atom is -0.497 e. The third-order valence-electron chi connectivity index (χ3n) is 2.68. The Balaban J connectivity index is 2.86. The van der Waals surface area contributed by atoms with Gasteiger partial charge in [-0.05, 0) is 36.6 Å². The van der Waals surface area contributed by atoms with Crippen LogP contribution in [-0.2, 0) is 4.79 Å². The predicted octanol–water partition coefficient (Wildman–Crippen LogP) is 1.41. The Kier molecular flexibility index (Phi) is 6.33. The number of aromatic carboxylic acids is 1. The van der Waals surface area contributed by atoms with Gasteiger partial charge in [-0.1, -0.05) is 0 Å². The highest BCUT2D eigenvalue weighted by molar-refractivity contribution is 7.98. The second-order valence-electron chi connectivity index (χ2n) is 4.09. The summed E-state index contributed by atoms with van der Waals surface area (Å²) in [6.45, 7) is 0. The number of rotatable bonds is 7. The Morgan fingerprint density at radius 1 is 1.50 bits per heavy atom. The number of amides is 1. The van der Waals surface area contributed by atoms with Crippen molar-refractivity contribution in [3.05, 3.63) is 23.8 Å². The fourth-order valence-corrected chi connectivity index (χ4v) is 2.03. The molecule has 0 unspecified atom stereocenters. The molecule has 0 heterocycles. The largest absolute Gasteiger partial charge is 0.497 e. The van der Waals surface area contributed by atoms with Gasteiger partial charge in [0.05, 0.1) is 24.4 Å². The van der Waals surface area contributed by atoms with E-state index in [2.05, 4.69) is 5.32 Å². The number of nitrogens with two attached hydrogens (primary N) is 1. The Morgan fingerprint density at radius 3 is 2.75 bits per heavy atom. The first kappa shape index (κ1) is 16.3. The van der Waals surface area contributed by atoms with Gasteiger partial charge in [0.25, 0.3) is 0 Å². The van der Waals surface area contributed by atoms with Gasteiger partial charge in [0, 0.05) is 0 Å². The maximum absolute atomic E-state index is 11.9. The molecule has 7 heteroatoms. The summed E-state index contributed by atoms with van der Waals surface area (Å²) in [6, 6.07) is 3.76. The lowest BCUT2D eigenvalue weighted by molar-refractivity contribution is -0.117. The minimum absolute atomic E-state index is 0.0326. The van der Waals surface area contributed by atoms with Gasteiger partial charge in [-0.15, -0.1) is 0 Å². The number of hydrogen-bond donors (Lipinski definition) is 3. The summed E-state index contributed by atoms with van der Waals surface area (Å²) >= 11 is 1.60. The molecule has 0 aliphatic rings. The van der Waals surface area contributed by atoms with E-state index < -0.39 is 17.9 Å². The lowest BCUT2D eigenvalue weighted by Crippen LogP contribution is -2.36. The minimum atomic E-state index is -1.14. The fraction of sp³-hybridized carbons (Fsp3) is 0.385. The van der Waals surface area contributed by atoms with E-state index in [1.165, 1.54) is 19.2 Å². The van der Waals surface area contributed by atoms with Gasteiger partial charge in [-0.2, -0.15) is 11.8 Å². The van der Waals surface area contributed by atoms with Gasteiger partial charge in [0.15, 0.2) is 0 Å². The predicted molar refractivity (Wildman–Crippen MR) is 79.6 cm³/mol. The van der Waals surface area contributed by atoms with Crippen LogP contribution in [0.1, 0.15) is 16.8 Å². The molecule has 1 rings (SSSR count). The molecule has 0 radical (unpaired) electrons. The molecule has 1 aromatic carbocycles. The first-order chi connectivity index (χ1) is 9.49. The highest BCUT2D eigenvalue weighted by Crippen LogP contribution is 2.22. The molecule has 0 saturated carbocycles. The number of carboxylic acid groups (broad SMARTS) is 1. The lowest BCUT2D eigenvalue weighted by Gasteiger charge is -2.14. The van der Waals surface area contributed by atoms with E-state index in [-0.39, 0.29) is 11.3 Å². The number of hydrogen-bond acceptors (Lipinski definition) is 5. The zero-order chi connectivity index (χ0) is 15.1. The van der Waals surface area contributed by atoms with Crippen LogP contribution in [0.5, 0.6) is 5.75 Å². The topological polar surface area (TPSA) is 102 Å². The maximum Gasteiger partial charge on any atom is 0.337 e. The van der Waals surface area contributed by atoms with Gasteiger partial charge < -0.3 is 20.9 Å². The van der Waals surface area contributed by atoms with Crippen molar-refractivity contribution in [2.24, 2.45) is 5.73 Å². The molecule has 0 aliphatic carbocycles. The molecule has 20 heavy (non-hydrogen) atoms. The Hall–Kier alpha value is -1.73. The summed E-state index contributed by atoms with van der Waals surface area (Å²) in [5, 5.41) is 11.7. The molecular formula is C13H18N2O4S. The zero-order valence-electron chi connectivity index (χ0n) is 11.4. The van der Waals surface area contributed by atoms with Crippen LogP contribution in [0.2, 0.25) is 0 Å². The Morgan fingerprint density at radius 2 is 2.20 bits per heavy atom. The summed E-state index contributed by atoms with van der Waals surface area (Å²) in [5.41, 5.74) is 5.91. The molecule has 0 spiro atoms. The number of benzene rings is 1. The first-order valence-electron chi connectivity index (χ1n) is 5.96. The van der Waals surface area contributed by atoms with Gasteiger partial charge in [0.1, 0.15) is 5.75 Å². The normalized spacial score (nSPS) is 11.8. The highest BCUT2D eigenvalue weighted by atomic mass is 32.2. The monoisotopic (exact) mass is 298 g/mol. The number of nitrogens with one attached hydrogen (secondary N) is 1. The van der Waals surface area contributed by atoms with E-state index in [0.717, 1.165) is 5.75 Å². The summed E-state index contributed by atoms with van der Waals surface area (Å²) < 4.78 is 4.96. The molecule has 0 aliphatic heterocycles. The first-order valence-corrected chi connectivity index (χ1v) is 7.35. The maximum atomic E-state index is 11.9. The number of carboxylic acids is 1. The third kappa shape index (κ3) is 4.43. The third-order valence-corrected chi connectivity index (χ3v) is 3.33. The van der Waals surface area contributed by atoms with Crippen LogP contribution in [0.3, 0.4) is 0 Å². The second kappa shape index (κ2) is 7.76. The van der Waals surface area contributed by atoms with Crippen LogP contribution < -0.4 is 15.8 Å². The number of carbonyl (C=O) groups is 2. The molecular weight excluding hydrogens is 280 g/mol. The van der Waals surface area contributed by atoms with Crippen molar-refractivity contribution in [1.29, 1.82) is 0 Å². The summed E-state index contributed by atoms with van der Waals surface area (Å²) in [5.74, 6) is -0.362. The van der Waals surface area contributed by atoms with Gasteiger partial charge >= 0.3 is 5.97 Å². The highest BCUT2D eigenvalue weighted by Gasteiger charge is 2.17. The number of ether oxygens (including phenoxy) is 1. The van der Waals surface area contributed by atoms with Crippen LogP contribution in [-0.4, -0.2) is 42.1 Å². The Bertz CT molecular complexity index is 493. The zero-order valence-corrected chi connectivity index (χ0v) is 12.2. The molecule has 0 aromatic heterocycles. The van der Waals surface area contributed by atoms with Gasteiger partial charge in [0.2, 0.25) is 5.91 Å². The van der Waals surface area contributed by atoms with E-state index in [1.54, 1.807) is 17.8 Å². The van der Waals surface area contributed by atoms with E-state index in [0.29, 0.717) is 12.2 Å². The average Bonchev–Trinajstić information content (AvgIpc) is 2.44. The molecule has 4 N–H and O–H groups in total. The van der Waals surface area contributed by atoms with Crippen molar-refractivity contribution in [3.63, 3.8) is 0 Å². The molecule has 1 aromatic rings. The van der Waals surface area contributed by atoms with Crippen LogP contribution >= 0.6 is 11.8 Å². The van der Waals surface area contributed by atoms with E-state index >= 15 is 0 Å². The number of methoxy groups -OCH3 is 1. The smallest absolute Gasteiger partial charge is 0.337 e. The van der Waals surface area contributed by atoms with Gasteiger partial charge in [-0.25, -0.2) is 4.79 Å². The van der Waals surface area contributed by atoms with Crippen molar-refractivity contribution in [2.75, 3.05) is 24.4 Å². The SMILES string of the molecule is COc1ccc(NC(=O)[C@H](N)CCSC)c(C(=O)O)c1. The van der Waals surface area contributed by atoms with E-state index in [1.807, 2.05) is 6.26 Å². The Labute approximate surface area is 121 Å². The van der Waals surface area contributed by atoms with Crippen LogP contribution in [0, 0.1) is 0 Å². The van der Waals surface area contributed by atoms with Crippen molar-refractivity contribution < 1.29 is 19.4 Å². The molecule has 0 bridgehead atoms. The number of carbonyl (C=O) groups excluding carboxylic acids is 1. The fourth-order valence-electron chi connectivity index (χ4n) is 1.54. The molecule has 1 atom stereocenters. The molecule has 0 fully saturated rings. The van der Waals surface area contributed by atoms with Crippen LogP contribution in [0.4, 0.5) is 5.69 Å². The van der Waals surface area contributed by atoms with Crippen LogP contribution in [0.25, 0.3) is 0 Å². The van der Waals surface area contributed by atoms with Crippen molar-refractivity contribution in [3.8, 4) is 5.75 Å². The standard InChI is InChI=1S/C13H18N2O4S/c1-19-8-3-4-11(9(7-8)13(17)18)15-12(16)10(14)5-6-20-2/h3-4,7,10H,5-6,14H2,1-2H3,(H,15,16)(H,17,18)/t10-/m1/s1. The molecule has 6 nitrogen and oxygen atoms in total. The molecule has 110 valence electrons. The van der Waals surface area contributed by atoms with Crippen molar-refractivity contribution in [1.82, 2.24) is 0 Å². The van der Waals surface area contributed by atoms with E-state index in [4.69, 9.17) is 15.6 Å². The lowest BCUT2D eigenvalue weighted by atomic mass is 10.1. The second-order valence-corrected chi connectivity index (χ2v) is 5.08. The summed E-state index contributed by atoms with van der Waals surface area (Å²) in [6.07, 6.45) is 2.46.